The van der Waals surface area contributed by atoms with Crippen molar-refractivity contribution in [2.45, 2.75) is 0 Å². The van der Waals surface area contributed by atoms with Crippen molar-refractivity contribution >= 4 is 62.1 Å². The standard InChI is InChI=1S/C49H34N2O2P2/c50-35-49(36-51)45-46(52)43-33-19-20-34-44(43)47(45)53-55(40-27-13-4-14-28-40,41-29-15-5-16-30-41,42-31-17-6-18-32-42)48(49)54(37-21-7-1-8-22-37,38-23-9-2-10-24-38)39-25-11-3-12-26-39/h1-34H. The van der Waals surface area contributed by atoms with Crippen LogP contribution in [0.5, 0.6) is 0 Å². The zero-order valence-corrected chi connectivity index (χ0v) is 31.5. The number of allylic oxidation sites excluding steroid dienone is 1. The summed E-state index contributed by atoms with van der Waals surface area (Å²) in [5.41, 5.74) is -1.06. The van der Waals surface area contributed by atoms with Crippen molar-refractivity contribution in [2.75, 3.05) is 0 Å². The number of hydrogen-bond donors (Lipinski definition) is 0. The monoisotopic (exact) mass is 744 g/mol. The molecule has 4 nitrogen and oxygen atoms in total. The molecule has 0 saturated carbocycles. The number of carbonyl (C=O) groups is 1. The van der Waals surface area contributed by atoms with Gasteiger partial charge in [-0.3, -0.25) is 0 Å². The predicted octanol–water partition coefficient (Wildman–Crippen LogP) is 8.23. The Kier molecular flexibility index (Phi) is 8.15. The first-order chi connectivity index (χ1) is 27.1. The van der Waals surface area contributed by atoms with Gasteiger partial charge in [-0.2, -0.15) is 0 Å². The third kappa shape index (κ3) is 4.45. The quantitative estimate of drug-likeness (QED) is 0.161. The zero-order valence-electron chi connectivity index (χ0n) is 29.7. The Morgan fingerprint density at radius 3 is 1.15 bits per heavy atom. The van der Waals surface area contributed by atoms with E-state index in [2.05, 4.69) is 84.9 Å². The number of fused-ring (bicyclic) bond motifs is 2. The molecule has 7 aromatic rings. The average molecular weight is 745 g/mol. The number of nitriles is 2. The van der Waals surface area contributed by atoms with Crippen LogP contribution in [0.15, 0.2) is 212 Å². The van der Waals surface area contributed by atoms with E-state index in [4.69, 9.17) is 4.52 Å². The van der Waals surface area contributed by atoms with E-state index in [0.717, 1.165) is 31.8 Å². The molecular weight excluding hydrogens is 710 g/mol. The fourth-order valence-electron chi connectivity index (χ4n) is 9.00. The summed E-state index contributed by atoms with van der Waals surface area (Å²) < 4.78 is 8.26. The third-order valence-corrected chi connectivity index (χ3v) is 22.9. The van der Waals surface area contributed by atoms with E-state index in [1.165, 1.54) is 0 Å². The second-order valence-electron chi connectivity index (χ2n) is 13.7. The third-order valence-electron chi connectivity index (χ3n) is 11.1. The number of benzene rings is 7. The fourth-order valence-corrected chi connectivity index (χ4v) is 23.4. The Bertz CT molecular complexity index is 2560. The number of nitrogens with zero attached hydrogens (tertiary/aromatic N) is 2. The van der Waals surface area contributed by atoms with E-state index in [1.54, 1.807) is 6.07 Å². The van der Waals surface area contributed by atoms with Crippen LogP contribution < -0.4 is 31.8 Å². The molecule has 1 aliphatic heterocycles. The van der Waals surface area contributed by atoms with E-state index in [-0.39, 0.29) is 17.1 Å². The normalized spacial score (nSPS) is 16.9. The van der Waals surface area contributed by atoms with Crippen LogP contribution in [0.2, 0.25) is 0 Å². The van der Waals surface area contributed by atoms with Gasteiger partial charge in [0.25, 0.3) is 0 Å². The number of ketones is 1. The van der Waals surface area contributed by atoms with Crippen molar-refractivity contribution in [2.24, 2.45) is 5.41 Å². The van der Waals surface area contributed by atoms with Crippen LogP contribution >= 0.6 is 13.7 Å². The van der Waals surface area contributed by atoms with Gasteiger partial charge in [0.1, 0.15) is 0 Å². The summed E-state index contributed by atoms with van der Waals surface area (Å²) >= 11 is 0. The summed E-state index contributed by atoms with van der Waals surface area (Å²) in [5, 5.41) is 30.4. The van der Waals surface area contributed by atoms with Gasteiger partial charge in [0.2, 0.25) is 0 Å². The molecule has 9 rings (SSSR count). The summed E-state index contributed by atoms with van der Waals surface area (Å²) in [4.78, 5) is 15.1. The Morgan fingerprint density at radius 1 is 0.455 bits per heavy atom. The first-order valence-electron chi connectivity index (χ1n) is 18.1. The molecule has 262 valence electrons. The van der Waals surface area contributed by atoms with Gasteiger partial charge in [0, 0.05) is 0 Å². The van der Waals surface area contributed by atoms with Crippen LogP contribution in [0, 0.1) is 28.1 Å². The van der Waals surface area contributed by atoms with E-state index in [0.29, 0.717) is 16.2 Å². The molecule has 6 heteroatoms. The van der Waals surface area contributed by atoms with E-state index < -0.39 is 19.1 Å². The molecule has 0 bridgehead atoms. The van der Waals surface area contributed by atoms with Gasteiger partial charge >= 0.3 is 322 Å². The first-order valence-corrected chi connectivity index (χ1v) is 22.1. The van der Waals surface area contributed by atoms with Crippen LogP contribution in [0.25, 0.3) is 5.76 Å². The molecule has 0 saturated heterocycles. The topological polar surface area (TPSA) is 73.9 Å². The van der Waals surface area contributed by atoms with E-state index in [1.807, 2.05) is 127 Å². The summed E-state index contributed by atoms with van der Waals surface area (Å²) in [7, 11) is 0. The van der Waals surface area contributed by atoms with Gasteiger partial charge in [0.05, 0.1) is 0 Å². The zero-order chi connectivity index (χ0) is 37.5. The molecule has 0 radical (unpaired) electrons. The molecule has 0 N–H and O–H groups in total. The first kappa shape index (κ1) is 34.2. The van der Waals surface area contributed by atoms with Crippen LogP contribution in [0.3, 0.4) is 0 Å². The van der Waals surface area contributed by atoms with Crippen LogP contribution in [-0.4, -0.2) is 10.8 Å². The summed E-state index contributed by atoms with van der Waals surface area (Å²) in [6, 6.07) is 73.9. The van der Waals surface area contributed by atoms with Gasteiger partial charge in [-0.25, -0.2) is 0 Å². The molecule has 1 heterocycles. The maximum absolute atomic E-state index is 15.1. The van der Waals surface area contributed by atoms with Crippen LogP contribution in [0.4, 0.5) is 0 Å². The molecule has 0 unspecified atom stereocenters. The van der Waals surface area contributed by atoms with Crippen LogP contribution in [0.1, 0.15) is 15.9 Å². The van der Waals surface area contributed by atoms with E-state index >= 15 is 4.79 Å². The predicted molar refractivity (Wildman–Crippen MR) is 228 cm³/mol. The minimum absolute atomic E-state index is 0.0731. The van der Waals surface area contributed by atoms with Gasteiger partial charge in [-0.1, -0.05) is 0 Å². The van der Waals surface area contributed by atoms with E-state index in [9.17, 15) is 10.5 Å². The number of Topliss-reactive ketones (excluding diaryl/α,β-unsaturated/α-hetero) is 1. The number of carbonyl (C=O) groups excluding carboxylic acids is 1. The molecule has 7 aromatic carbocycles. The van der Waals surface area contributed by atoms with Crippen LogP contribution in [-0.2, 0) is 4.52 Å². The Morgan fingerprint density at radius 2 is 0.782 bits per heavy atom. The number of rotatable bonds is 6. The van der Waals surface area contributed by atoms with Crippen molar-refractivity contribution in [1.82, 2.24) is 0 Å². The average Bonchev–Trinajstić information content (AvgIpc) is 3.56. The Labute approximate surface area is 321 Å². The molecule has 0 fully saturated rings. The van der Waals surface area contributed by atoms with Crippen molar-refractivity contribution < 1.29 is 9.32 Å². The molecule has 0 spiro atoms. The van der Waals surface area contributed by atoms with Gasteiger partial charge in [0.15, 0.2) is 0 Å². The fraction of sp³-hybridized carbons (Fsp3) is 0.0204. The molecule has 0 atom stereocenters. The molecule has 0 aromatic heterocycles. The second kappa shape index (κ2) is 13.1. The summed E-state index contributed by atoms with van der Waals surface area (Å²) in [5.74, 6) is -0.0852. The molecule has 55 heavy (non-hydrogen) atoms. The maximum atomic E-state index is 15.1. The second-order valence-corrected chi connectivity index (χ2v) is 21.6. The van der Waals surface area contributed by atoms with Gasteiger partial charge in [-0.15, -0.1) is 0 Å². The molecular formula is C49H34N2O2P2. The summed E-state index contributed by atoms with van der Waals surface area (Å²) in [6.07, 6.45) is 0. The summed E-state index contributed by atoms with van der Waals surface area (Å²) in [6.45, 7) is -8.31. The van der Waals surface area contributed by atoms with Gasteiger partial charge in [-0.05, 0) is 0 Å². The number of hydrogen-bond acceptors (Lipinski definition) is 4. The minimum atomic E-state index is -4.89. The van der Waals surface area contributed by atoms with Gasteiger partial charge < -0.3 is 0 Å². The van der Waals surface area contributed by atoms with Crippen molar-refractivity contribution in [3.05, 3.63) is 223 Å². The molecule has 1 aliphatic carbocycles. The Balaban J connectivity index is 1.76. The van der Waals surface area contributed by atoms with Crippen molar-refractivity contribution in [3.63, 3.8) is 0 Å². The Hall–Kier alpha value is -6.54. The SMILES string of the molecule is N#CC1(C#N)C2=C(OP(c3ccccc3)(c3ccccc3)(c3ccccc3)C1=P(c1ccccc1)(c1ccccc1)c1ccccc1)c1ccccc1C2=O. The van der Waals surface area contributed by atoms with Crippen molar-refractivity contribution in [3.8, 4) is 12.1 Å². The molecule has 2 aliphatic rings. The molecule has 0 amide bonds. The van der Waals surface area contributed by atoms with Crippen molar-refractivity contribution in [1.29, 1.82) is 10.5 Å².